The predicted molar refractivity (Wildman–Crippen MR) is 92.2 cm³/mol. The number of anilines is 1. The summed E-state index contributed by atoms with van der Waals surface area (Å²) in [6.07, 6.45) is -0.0456. The fraction of sp³-hybridized carbons (Fsp3) is 0.444. The maximum absolute atomic E-state index is 12.8. The van der Waals surface area contributed by atoms with Gasteiger partial charge in [0, 0.05) is 12.2 Å². The van der Waals surface area contributed by atoms with Crippen LogP contribution < -0.4 is 10.6 Å². The zero-order chi connectivity index (χ0) is 18.3. The number of carbonyl (C=O) groups is 2. The molecule has 1 rings (SSSR count). The summed E-state index contributed by atoms with van der Waals surface area (Å²) in [4.78, 5) is 23.7. The standard InChI is InChI=1S/C18H25FN2O3/c1-12(10-11-20-17(23)24-18(3,4)5)13(2)16(22)21-15-8-6-14(19)7-9-15/h6-9,13H,1,10-11H2,2-5H3,(H,20,23)(H,21,22)/t13-/m1/s1. The summed E-state index contributed by atoms with van der Waals surface area (Å²) >= 11 is 0. The molecule has 132 valence electrons. The number of carbonyl (C=O) groups excluding carboxylic acids is 2. The van der Waals surface area contributed by atoms with E-state index in [4.69, 9.17) is 4.74 Å². The van der Waals surface area contributed by atoms with E-state index >= 15 is 0 Å². The van der Waals surface area contributed by atoms with Gasteiger partial charge < -0.3 is 15.4 Å². The van der Waals surface area contributed by atoms with Gasteiger partial charge in [0.1, 0.15) is 11.4 Å². The maximum Gasteiger partial charge on any atom is 0.407 e. The van der Waals surface area contributed by atoms with E-state index in [0.717, 1.165) is 0 Å². The lowest BCUT2D eigenvalue weighted by Gasteiger charge is -2.20. The molecule has 0 unspecified atom stereocenters. The molecule has 1 atom stereocenters. The highest BCUT2D eigenvalue weighted by atomic mass is 19.1. The van der Waals surface area contributed by atoms with Crippen LogP contribution in [0.5, 0.6) is 0 Å². The molecular weight excluding hydrogens is 311 g/mol. The second-order valence-electron chi connectivity index (χ2n) is 6.55. The number of amides is 2. The number of hydrogen-bond donors (Lipinski definition) is 2. The van der Waals surface area contributed by atoms with Crippen molar-refractivity contribution in [2.75, 3.05) is 11.9 Å². The molecule has 0 saturated heterocycles. The Hall–Kier alpha value is -2.37. The molecule has 0 saturated carbocycles. The van der Waals surface area contributed by atoms with Crippen LogP contribution in [0.25, 0.3) is 0 Å². The number of alkyl carbamates (subject to hydrolysis) is 1. The van der Waals surface area contributed by atoms with Crippen molar-refractivity contribution in [2.45, 2.75) is 39.7 Å². The molecule has 0 radical (unpaired) electrons. The quantitative estimate of drug-likeness (QED) is 0.775. The average molecular weight is 336 g/mol. The lowest BCUT2D eigenvalue weighted by atomic mass is 9.99. The normalized spacial score (nSPS) is 12.2. The molecule has 0 aliphatic heterocycles. The highest BCUT2D eigenvalue weighted by molar-refractivity contribution is 5.94. The van der Waals surface area contributed by atoms with Gasteiger partial charge in [0.2, 0.25) is 5.91 Å². The third-order valence-corrected chi connectivity index (χ3v) is 3.23. The molecule has 0 heterocycles. The second-order valence-corrected chi connectivity index (χ2v) is 6.55. The molecule has 0 aliphatic rings. The Morgan fingerprint density at radius 1 is 1.25 bits per heavy atom. The van der Waals surface area contributed by atoms with Crippen LogP contribution in [0.4, 0.5) is 14.9 Å². The highest BCUT2D eigenvalue weighted by Crippen LogP contribution is 2.16. The van der Waals surface area contributed by atoms with E-state index in [-0.39, 0.29) is 11.7 Å². The van der Waals surface area contributed by atoms with Gasteiger partial charge in [-0.2, -0.15) is 0 Å². The zero-order valence-electron chi connectivity index (χ0n) is 14.6. The summed E-state index contributed by atoms with van der Waals surface area (Å²) in [7, 11) is 0. The van der Waals surface area contributed by atoms with Crippen LogP contribution in [0, 0.1) is 11.7 Å². The third-order valence-electron chi connectivity index (χ3n) is 3.23. The first-order valence-corrected chi connectivity index (χ1v) is 7.79. The first kappa shape index (κ1) is 19.7. The van der Waals surface area contributed by atoms with Crippen molar-refractivity contribution in [2.24, 2.45) is 5.92 Å². The molecule has 0 aliphatic carbocycles. The number of halogens is 1. The summed E-state index contributed by atoms with van der Waals surface area (Å²) < 4.78 is 18.0. The molecule has 24 heavy (non-hydrogen) atoms. The van der Waals surface area contributed by atoms with Crippen molar-refractivity contribution >= 4 is 17.7 Å². The second kappa shape index (κ2) is 8.47. The summed E-state index contributed by atoms with van der Waals surface area (Å²) in [5, 5.41) is 5.33. The Balaban J connectivity index is 2.39. The minimum Gasteiger partial charge on any atom is -0.444 e. The van der Waals surface area contributed by atoms with Gasteiger partial charge in [0.05, 0.1) is 5.92 Å². The molecule has 0 fully saturated rings. The minimum atomic E-state index is -0.552. The summed E-state index contributed by atoms with van der Waals surface area (Å²) in [6.45, 7) is 11.3. The molecule has 2 N–H and O–H groups in total. The van der Waals surface area contributed by atoms with E-state index in [9.17, 15) is 14.0 Å². The van der Waals surface area contributed by atoms with Gasteiger partial charge in [0.15, 0.2) is 0 Å². The topological polar surface area (TPSA) is 67.4 Å². The minimum absolute atomic E-state index is 0.233. The van der Waals surface area contributed by atoms with Crippen LogP contribution >= 0.6 is 0 Å². The Kier molecular flexibility index (Phi) is 6.95. The molecule has 2 amide bonds. The molecule has 5 nitrogen and oxygen atoms in total. The van der Waals surface area contributed by atoms with E-state index in [0.29, 0.717) is 24.2 Å². The van der Waals surface area contributed by atoms with Crippen molar-refractivity contribution in [1.29, 1.82) is 0 Å². The van der Waals surface area contributed by atoms with Gasteiger partial charge in [-0.15, -0.1) is 0 Å². The highest BCUT2D eigenvalue weighted by Gasteiger charge is 2.18. The Morgan fingerprint density at radius 3 is 2.38 bits per heavy atom. The first-order valence-electron chi connectivity index (χ1n) is 7.79. The van der Waals surface area contributed by atoms with E-state index < -0.39 is 17.6 Å². The number of hydrogen-bond acceptors (Lipinski definition) is 3. The molecule has 1 aromatic rings. The Labute approximate surface area is 142 Å². The van der Waals surface area contributed by atoms with Crippen LogP contribution in [-0.2, 0) is 9.53 Å². The maximum atomic E-state index is 12.8. The SMILES string of the molecule is C=C(CCNC(=O)OC(C)(C)C)[C@@H](C)C(=O)Nc1ccc(F)cc1. The summed E-state index contributed by atoms with van der Waals surface area (Å²) in [5.74, 6) is -1.03. The lowest BCUT2D eigenvalue weighted by Crippen LogP contribution is -2.33. The van der Waals surface area contributed by atoms with Crippen LogP contribution in [0.2, 0.25) is 0 Å². The molecule has 6 heteroatoms. The van der Waals surface area contributed by atoms with E-state index in [1.165, 1.54) is 24.3 Å². The monoisotopic (exact) mass is 336 g/mol. The zero-order valence-corrected chi connectivity index (χ0v) is 14.6. The van der Waals surface area contributed by atoms with Gasteiger partial charge in [-0.05, 0) is 58.4 Å². The van der Waals surface area contributed by atoms with E-state index in [2.05, 4.69) is 17.2 Å². The largest absolute Gasteiger partial charge is 0.444 e. The average Bonchev–Trinajstić information content (AvgIpc) is 2.46. The van der Waals surface area contributed by atoms with Crippen molar-refractivity contribution < 1.29 is 18.7 Å². The fourth-order valence-corrected chi connectivity index (χ4v) is 1.82. The Morgan fingerprint density at radius 2 is 1.83 bits per heavy atom. The van der Waals surface area contributed by atoms with Crippen molar-refractivity contribution in [3.8, 4) is 0 Å². The summed E-state index contributed by atoms with van der Waals surface area (Å²) in [6, 6.07) is 5.54. The molecule has 0 aromatic heterocycles. The van der Waals surface area contributed by atoms with E-state index in [1.807, 2.05) is 0 Å². The van der Waals surface area contributed by atoms with Gasteiger partial charge in [0.25, 0.3) is 0 Å². The molecule has 1 aromatic carbocycles. The summed E-state index contributed by atoms with van der Waals surface area (Å²) in [5.41, 5.74) is 0.655. The van der Waals surface area contributed by atoms with Crippen molar-refractivity contribution in [1.82, 2.24) is 5.32 Å². The smallest absolute Gasteiger partial charge is 0.407 e. The third kappa shape index (κ3) is 7.26. The Bertz CT molecular complexity index is 591. The predicted octanol–water partition coefficient (Wildman–Crippen LogP) is 3.87. The van der Waals surface area contributed by atoms with Crippen molar-refractivity contribution in [3.63, 3.8) is 0 Å². The fourth-order valence-electron chi connectivity index (χ4n) is 1.82. The van der Waals surface area contributed by atoms with Crippen LogP contribution in [-0.4, -0.2) is 24.1 Å². The van der Waals surface area contributed by atoms with Gasteiger partial charge in [-0.3, -0.25) is 4.79 Å². The van der Waals surface area contributed by atoms with Crippen LogP contribution in [0.1, 0.15) is 34.1 Å². The number of benzene rings is 1. The lowest BCUT2D eigenvalue weighted by molar-refractivity contribution is -0.118. The van der Waals surface area contributed by atoms with Gasteiger partial charge in [-0.1, -0.05) is 12.2 Å². The van der Waals surface area contributed by atoms with Gasteiger partial charge >= 0.3 is 6.09 Å². The van der Waals surface area contributed by atoms with Crippen LogP contribution in [0.3, 0.4) is 0 Å². The number of rotatable bonds is 6. The molecule has 0 spiro atoms. The van der Waals surface area contributed by atoms with Gasteiger partial charge in [-0.25, -0.2) is 9.18 Å². The van der Waals surface area contributed by atoms with Crippen molar-refractivity contribution in [3.05, 3.63) is 42.2 Å². The number of ether oxygens (including phenoxy) is 1. The molecule has 0 bridgehead atoms. The van der Waals surface area contributed by atoms with Crippen LogP contribution in [0.15, 0.2) is 36.4 Å². The van der Waals surface area contributed by atoms with E-state index in [1.54, 1.807) is 27.7 Å². The number of nitrogens with one attached hydrogen (secondary N) is 2. The molecular formula is C18H25FN2O3. The first-order chi connectivity index (χ1) is 11.1.